The van der Waals surface area contributed by atoms with Crippen LogP contribution in [0.5, 0.6) is 0 Å². The van der Waals surface area contributed by atoms with Crippen molar-refractivity contribution in [1.82, 2.24) is 19.7 Å². The van der Waals surface area contributed by atoms with Crippen molar-refractivity contribution in [1.29, 1.82) is 0 Å². The maximum atomic E-state index is 5.63. The minimum Gasteiger partial charge on any atom is -0.378 e. The fraction of sp³-hybridized carbons (Fsp3) is 0.353. The Morgan fingerprint density at radius 1 is 1.27 bits per heavy atom. The second-order valence-electron chi connectivity index (χ2n) is 5.89. The molecule has 3 heterocycles. The van der Waals surface area contributed by atoms with Gasteiger partial charge in [-0.3, -0.25) is 9.58 Å². The standard InChI is InChI=1S/C17H20N4O/c1-22-15-11-20(10-14-5-8-19-21(14)12-15)9-13-3-2-4-17-16(13)6-7-18-17/h2-8,15,18H,9-12H2,1H3/t15-/m1/s1. The smallest absolute Gasteiger partial charge is 0.0894 e. The molecule has 0 aliphatic carbocycles. The maximum absolute atomic E-state index is 5.63. The molecule has 114 valence electrons. The summed E-state index contributed by atoms with van der Waals surface area (Å²) in [7, 11) is 1.78. The number of aromatic amines is 1. The zero-order chi connectivity index (χ0) is 14.9. The summed E-state index contributed by atoms with van der Waals surface area (Å²) in [4.78, 5) is 5.72. The predicted octanol–water partition coefficient (Wildman–Crippen LogP) is 2.40. The van der Waals surface area contributed by atoms with E-state index in [-0.39, 0.29) is 6.10 Å². The van der Waals surface area contributed by atoms with Crippen LogP contribution in [0.1, 0.15) is 11.3 Å². The Balaban J connectivity index is 1.63. The van der Waals surface area contributed by atoms with E-state index in [4.69, 9.17) is 4.74 Å². The molecular weight excluding hydrogens is 276 g/mol. The Labute approximate surface area is 129 Å². The minimum atomic E-state index is 0.173. The van der Waals surface area contributed by atoms with Gasteiger partial charge in [0.05, 0.1) is 18.3 Å². The third-order valence-electron chi connectivity index (χ3n) is 4.44. The summed E-state index contributed by atoms with van der Waals surface area (Å²) in [5, 5.41) is 5.70. The van der Waals surface area contributed by atoms with Crippen LogP contribution in [0.15, 0.2) is 42.7 Å². The fourth-order valence-electron chi connectivity index (χ4n) is 3.29. The molecule has 5 heteroatoms. The number of nitrogens with zero attached hydrogens (tertiary/aromatic N) is 3. The first-order valence-corrected chi connectivity index (χ1v) is 7.64. The maximum Gasteiger partial charge on any atom is 0.0894 e. The van der Waals surface area contributed by atoms with Crippen molar-refractivity contribution in [3.05, 3.63) is 54.0 Å². The van der Waals surface area contributed by atoms with Crippen molar-refractivity contribution in [3.8, 4) is 0 Å². The number of rotatable bonds is 3. The number of H-pyrrole nitrogens is 1. The number of aromatic nitrogens is 3. The largest absolute Gasteiger partial charge is 0.378 e. The number of hydrogen-bond acceptors (Lipinski definition) is 3. The molecule has 0 unspecified atom stereocenters. The van der Waals surface area contributed by atoms with E-state index < -0.39 is 0 Å². The van der Waals surface area contributed by atoms with Crippen LogP contribution in [0.25, 0.3) is 10.9 Å². The van der Waals surface area contributed by atoms with E-state index in [1.54, 1.807) is 7.11 Å². The van der Waals surface area contributed by atoms with Crippen molar-refractivity contribution in [2.24, 2.45) is 0 Å². The molecule has 1 N–H and O–H groups in total. The first kappa shape index (κ1) is 13.5. The summed E-state index contributed by atoms with van der Waals surface area (Å²) in [6.07, 6.45) is 4.05. The highest BCUT2D eigenvalue weighted by atomic mass is 16.5. The summed E-state index contributed by atoms with van der Waals surface area (Å²) in [6.45, 7) is 3.56. The Kier molecular flexibility index (Phi) is 3.44. The average Bonchev–Trinajstić information content (AvgIpc) is 3.14. The van der Waals surface area contributed by atoms with Crippen molar-refractivity contribution in [2.45, 2.75) is 25.7 Å². The number of hydrogen-bond donors (Lipinski definition) is 1. The van der Waals surface area contributed by atoms with Crippen molar-refractivity contribution < 1.29 is 4.74 Å². The van der Waals surface area contributed by atoms with Gasteiger partial charge >= 0.3 is 0 Å². The van der Waals surface area contributed by atoms with Gasteiger partial charge in [-0.05, 0) is 23.8 Å². The summed E-state index contributed by atoms with van der Waals surface area (Å²) >= 11 is 0. The lowest BCUT2D eigenvalue weighted by atomic mass is 10.1. The molecular formula is C17H20N4O. The Morgan fingerprint density at radius 3 is 3.14 bits per heavy atom. The molecule has 1 atom stereocenters. The van der Waals surface area contributed by atoms with Gasteiger partial charge in [-0.1, -0.05) is 12.1 Å². The van der Waals surface area contributed by atoms with Gasteiger partial charge in [-0.15, -0.1) is 0 Å². The first-order chi connectivity index (χ1) is 10.8. The van der Waals surface area contributed by atoms with Gasteiger partial charge in [-0.2, -0.15) is 5.10 Å². The predicted molar refractivity (Wildman–Crippen MR) is 85.4 cm³/mol. The Bertz CT molecular complexity index is 776. The first-order valence-electron chi connectivity index (χ1n) is 7.64. The van der Waals surface area contributed by atoms with Crippen molar-refractivity contribution in [2.75, 3.05) is 13.7 Å². The monoisotopic (exact) mass is 296 g/mol. The highest BCUT2D eigenvalue weighted by Crippen LogP contribution is 2.21. The Hall–Kier alpha value is -2.11. The lowest BCUT2D eigenvalue weighted by molar-refractivity contribution is 0.0549. The van der Waals surface area contributed by atoms with Crippen molar-refractivity contribution >= 4 is 10.9 Å². The molecule has 4 rings (SSSR count). The van der Waals surface area contributed by atoms with Gasteiger partial charge in [0, 0.05) is 50.0 Å². The van der Waals surface area contributed by atoms with Crippen LogP contribution in [-0.4, -0.2) is 39.4 Å². The zero-order valence-corrected chi connectivity index (χ0v) is 12.7. The van der Waals surface area contributed by atoms with Crippen LogP contribution >= 0.6 is 0 Å². The number of methoxy groups -OCH3 is 1. The SMILES string of the molecule is CO[C@@H]1CN(Cc2cccc3[nH]ccc23)Cc2ccnn2C1. The van der Waals surface area contributed by atoms with Gasteiger partial charge in [0.15, 0.2) is 0 Å². The number of nitrogens with one attached hydrogen (secondary N) is 1. The van der Waals surface area contributed by atoms with Crippen LogP contribution in [0.3, 0.4) is 0 Å². The van der Waals surface area contributed by atoms with E-state index in [9.17, 15) is 0 Å². The molecule has 0 amide bonds. The lowest BCUT2D eigenvalue weighted by Gasteiger charge is -2.23. The van der Waals surface area contributed by atoms with Crippen LogP contribution in [0.4, 0.5) is 0 Å². The van der Waals surface area contributed by atoms with Gasteiger partial charge in [0.25, 0.3) is 0 Å². The average molecular weight is 296 g/mol. The lowest BCUT2D eigenvalue weighted by Crippen LogP contribution is -2.32. The van der Waals surface area contributed by atoms with Crippen LogP contribution in [-0.2, 0) is 24.4 Å². The van der Waals surface area contributed by atoms with E-state index >= 15 is 0 Å². The van der Waals surface area contributed by atoms with Gasteiger partial charge < -0.3 is 9.72 Å². The number of fused-ring (bicyclic) bond motifs is 2. The summed E-state index contributed by atoms with van der Waals surface area (Å²) < 4.78 is 7.69. The quantitative estimate of drug-likeness (QED) is 0.807. The zero-order valence-electron chi connectivity index (χ0n) is 12.7. The van der Waals surface area contributed by atoms with Gasteiger partial charge in [-0.25, -0.2) is 0 Å². The number of benzene rings is 1. The number of ether oxygens (including phenoxy) is 1. The molecule has 0 fully saturated rings. The third kappa shape index (κ3) is 2.42. The topological polar surface area (TPSA) is 46.1 Å². The normalized spacial score (nSPS) is 19.2. The highest BCUT2D eigenvalue weighted by Gasteiger charge is 2.22. The van der Waals surface area contributed by atoms with Crippen molar-refractivity contribution in [3.63, 3.8) is 0 Å². The highest BCUT2D eigenvalue weighted by molar-refractivity contribution is 5.82. The second kappa shape index (κ2) is 5.59. The van der Waals surface area contributed by atoms with Crippen LogP contribution < -0.4 is 0 Å². The third-order valence-corrected chi connectivity index (χ3v) is 4.44. The summed E-state index contributed by atoms with van der Waals surface area (Å²) in [5.74, 6) is 0. The van der Waals surface area contributed by atoms with Gasteiger partial charge in [0.1, 0.15) is 0 Å². The molecule has 2 aromatic heterocycles. The molecule has 0 bridgehead atoms. The molecule has 1 aromatic carbocycles. The van der Waals surface area contributed by atoms with Crippen LogP contribution in [0, 0.1) is 0 Å². The Morgan fingerprint density at radius 2 is 2.23 bits per heavy atom. The summed E-state index contributed by atoms with van der Waals surface area (Å²) in [6, 6.07) is 10.7. The molecule has 0 radical (unpaired) electrons. The van der Waals surface area contributed by atoms with E-state index in [0.717, 1.165) is 26.2 Å². The minimum absolute atomic E-state index is 0.173. The molecule has 3 aromatic rings. The van der Waals surface area contributed by atoms with Crippen LogP contribution in [0.2, 0.25) is 0 Å². The molecule has 5 nitrogen and oxygen atoms in total. The van der Waals surface area contributed by atoms with E-state index in [1.807, 2.05) is 12.4 Å². The summed E-state index contributed by atoms with van der Waals surface area (Å²) in [5.41, 5.74) is 3.79. The van der Waals surface area contributed by atoms with Gasteiger partial charge in [0.2, 0.25) is 0 Å². The molecule has 1 aliphatic rings. The molecule has 0 spiro atoms. The second-order valence-corrected chi connectivity index (χ2v) is 5.89. The van der Waals surface area contributed by atoms with E-state index in [0.29, 0.717) is 0 Å². The molecule has 1 aliphatic heterocycles. The molecule has 0 saturated carbocycles. The van der Waals surface area contributed by atoms with E-state index in [2.05, 4.69) is 50.0 Å². The fourth-order valence-corrected chi connectivity index (χ4v) is 3.29. The molecule has 22 heavy (non-hydrogen) atoms. The molecule has 0 saturated heterocycles. The van der Waals surface area contributed by atoms with E-state index in [1.165, 1.54) is 22.2 Å².